The van der Waals surface area contributed by atoms with E-state index in [2.05, 4.69) is 21.3 Å². The van der Waals surface area contributed by atoms with Crippen LogP contribution in [0.3, 0.4) is 0 Å². The fraction of sp³-hybridized carbons (Fsp3) is 0.333. The lowest BCUT2D eigenvalue weighted by Crippen LogP contribution is -2.20. The Bertz CT molecular complexity index is 946. The normalized spacial score (nSPS) is 16.0. The quantitative estimate of drug-likeness (QED) is 0.763. The van der Waals surface area contributed by atoms with Gasteiger partial charge in [0.15, 0.2) is 11.5 Å². The van der Waals surface area contributed by atoms with Gasteiger partial charge in [-0.3, -0.25) is 0 Å². The number of rotatable bonds is 3. The van der Waals surface area contributed by atoms with E-state index in [4.69, 9.17) is 19.4 Å². The molecule has 2 N–H and O–H groups in total. The van der Waals surface area contributed by atoms with Crippen molar-refractivity contribution in [1.82, 2.24) is 15.0 Å². The van der Waals surface area contributed by atoms with E-state index in [-0.39, 0.29) is 6.79 Å². The van der Waals surface area contributed by atoms with Crippen molar-refractivity contribution in [3.8, 4) is 11.5 Å². The van der Waals surface area contributed by atoms with Gasteiger partial charge in [0.05, 0.1) is 5.39 Å². The summed E-state index contributed by atoms with van der Waals surface area (Å²) in [5.74, 6) is 3.10. The Morgan fingerprint density at radius 1 is 1.08 bits per heavy atom. The molecule has 2 aliphatic heterocycles. The van der Waals surface area contributed by atoms with Crippen molar-refractivity contribution in [3.05, 3.63) is 30.0 Å². The standard InChI is InChI=1S/C18H19N5O2/c1-11-8-13-16(19-11)21-18(23-6-2-3-7-23)22-17(13)20-12-4-5-14-15(9-12)25-10-24-14/h4-5,8-9H,2-3,6-7,10H2,1H3,(H2,19,20,21,22). The molecule has 3 aromatic rings. The lowest BCUT2D eigenvalue weighted by molar-refractivity contribution is 0.174. The van der Waals surface area contributed by atoms with Crippen LogP contribution in [0.2, 0.25) is 0 Å². The monoisotopic (exact) mass is 337 g/mol. The second-order valence-electron chi connectivity index (χ2n) is 6.47. The molecule has 7 heteroatoms. The van der Waals surface area contributed by atoms with E-state index in [1.165, 1.54) is 12.8 Å². The van der Waals surface area contributed by atoms with Gasteiger partial charge in [-0.05, 0) is 38.0 Å². The van der Waals surface area contributed by atoms with Crippen LogP contribution in [0, 0.1) is 6.92 Å². The maximum Gasteiger partial charge on any atom is 0.231 e. The summed E-state index contributed by atoms with van der Waals surface area (Å²) in [6.07, 6.45) is 2.38. The molecule has 0 spiro atoms. The Labute approximate surface area is 145 Å². The first-order valence-corrected chi connectivity index (χ1v) is 8.55. The molecule has 0 radical (unpaired) electrons. The van der Waals surface area contributed by atoms with Crippen LogP contribution < -0.4 is 19.7 Å². The van der Waals surface area contributed by atoms with Gasteiger partial charge in [0.25, 0.3) is 0 Å². The van der Waals surface area contributed by atoms with Crippen LogP contribution in [0.5, 0.6) is 11.5 Å². The second-order valence-corrected chi connectivity index (χ2v) is 6.47. The molecule has 2 aliphatic rings. The lowest BCUT2D eigenvalue weighted by atomic mass is 10.2. The fourth-order valence-corrected chi connectivity index (χ4v) is 3.39. The first kappa shape index (κ1) is 14.4. The SMILES string of the molecule is Cc1cc2c(Nc3ccc4c(c3)OCO4)nc(N3CCCC3)nc2[nH]1. The highest BCUT2D eigenvalue weighted by atomic mass is 16.7. The number of nitrogens with one attached hydrogen (secondary N) is 2. The van der Waals surface area contributed by atoms with Crippen LogP contribution in [0.1, 0.15) is 18.5 Å². The average Bonchev–Trinajstić information content (AvgIpc) is 3.34. The van der Waals surface area contributed by atoms with E-state index in [9.17, 15) is 0 Å². The third kappa shape index (κ3) is 2.52. The van der Waals surface area contributed by atoms with Crippen LogP contribution in [0.25, 0.3) is 11.0 Å². The molecule has 5 rings (SSSR count). The molecule has 0 amide bonds. The molecule has 1 aromatic carbocycles. The molecule has 4 heterocycles. The number of hydrogen-bond acceptors (Lipinski definition) is 6. The summed E-state index contributed by atoms with van der Waals surface area (Å²) >= 11 is 0. The van der Waals surface area contributed by atoms with Gasteiger partial charge in [-0.2, -0.15) is 9.97 Å². The predicted molar refractivity (Wildman–Crippen MR) is 95.9 cm³/mol. The van der Waals surface area contributed by atoms with Crippen molar-refractivity contribution in [2.24, 2.45) is 0 Å². The van der Waals surface area contributed by atoms with Gasteiger partial charge >= 0.3 is 0 Å². The smallest absolute Gasteiger partial charge is 0.231 e. The summed E-state index contributed by atoms with van der Waals surface area (Å²) in [6.45, 7) is 4.32. The van der Waals surface area contributed by atoms with Crippen LogP contribution >= 0.6 is 0 Å². The predicted octanol–water partition coefficient (Wildman–Crippen LogP) is 3.34. The molecule has 0 bridgehead atoms. The second kappa shape index (κ2) is 5.54. The number of aromatic nitrogens is 3. The molecule has 2 aromatic heterocycles. The number of aromatic amines is 1. The van der Waals surface area contributed by atoms with Crippen molar-refractivity contribution >= 4 is 28.5 Å². The van der Waals surface area contributed by atoms with Crippen molar-refractivity contribution < 1.29 is 9.47 Å². The lowest BCUT2D eigenvalue weighted by Gasteiger charge is -2.16. The Morgan fingerprint density at radius 3 is 2.80 bits per heavy atom. The number of nitrogens with zero attached hydrogens (tertiary/aromatic N) is 3. The van der Waals surface area contributed by atoms with E-state index < -0.39 is 0 Å². The maximum atomic E-state index is 5.46. The van der Waals surface area contributed by atoms with E-state index in [1.807, 2.05) is 25.1 Å². The molecule has 0 aliphatic carbocycles. The van der Waals surface area contributed by atoms with Crippen LogP contribution in [0.15, 0.2) is 24.3 Å². The van der Waals surface area contributed by atoms with E-state index in [0.29, 0.717) is 0 Å². The van der Waals surface area contributed by atoms with Crippen LogP contribution in [-0.2, 0) is 0 Å². The number of aryl methyl sites for hydroxylation is 1. The van der Waals surface area contributed by atoms with Gasteiger partial charge in [-0.25, -0.2) is 0 Å². The van der Waals surface area contributed by atoms with Crippen molar-refractivity contribution in [2.75, 3.05) is 30.1 Å². The molecule has 1 fully saturated rings. The zero-order valence-corrected chi connectivity index (χ0v) is 14.0. The number of H-pyrrole nitrogens is 1. The minimum Gasteiger partial charge on any atom is -0.454 e. The summed E-state index contributed by atoms with van der Waals surface area (Å²) in [6, 6.07) is 7.88. The average molecular weight is 337 g/mol. The number of hydrogen-bond donors (Lipinski definition) is 2. The number of ether oxygens (including phenoxy) is 2. The van der Waals surface area contributed by atoms with Crippen molar-refractivity contribution in [3.63, 3.8) is 0 Å². The maximum absolute atomic E-state index is 5.46. The van der Waals surface area contributed by atoms with Gasteiger partial charge < -0.3 is 24.7 Å². The van der Waals surface area contributed by atoms with E-state index >= 15 is 0 Å². The third-order valence-electron chi connectivity index (χ3n) is 4.63. The summed E-state index contributed by atoms with van der Waals surface area (Å²) in [5, 5.41) is 4.40. The molecule has 1 saturated heterocycles. The minimum atomic E-state index is 0.270. The molecule has 128 valence electrons. The largest absolute Gasteiger partial charge is 0.454 e. The van der Waals surface area contributed by atoms with E-state index in [0.717, 1.165) is 58.8 Å². The Morgan fingerprint density at radius 2 is 1.92 bits per heavy atom. The van der Waals surface area contributed by atoms with Crippen molar-refractivity contribution in [2.45, 2.75) is 19.8 Å². The first-order chi connectivity index (χ1) is 12.3. The Kier molecular flexibility index (Phi) is 3.19. The van der Waals surface area contributed by atoms with E-state index in [1.54, 1.807) is 0 Å². The fourth-order valence-electron chi connectivity index (χ4n) is 3.39. The van der Waals surface area contributed by atoms with Gasteiger partial charge in [0.1, 0.15) is 11.5 Å². The highest BCUT2D eigenvalue weighted by Gasteiger charge is 2.19. The van der Waals surface area contributed by atoms with Crippen molar-refractivity contribution in [1.29, 1.82) is 0 Å². The topological polar surface area (TPSA) is 75.3 Å². The Hall–Kier alpha value is -2.96. The van der Waals surface area contributed by atoms with Crippen LogP contribution in [-0.4, -0.2) is 34.8 Å². The molecule has 0 unspecified atom stereocenters. The molecule has 7 nitrogen and oxygen atoms in total. The highest BCUT2D eigenvalue weighted by Crippen LogP contribution is 2.36. The third-order valence-corrected chi connectivity index (χ3v) is 4.63. The number of benzene rings is 1. The molecule has 0 atom stereocenters. The molecular formula is C18H19N5O2. The molecular weight excluding hydrogens is 318 g/mol. The highest BCUT2D eigenvalue weighted by molar-refractivity contribution is 5.91. The Balaban J connectivity index is 1.56. The van der Waals surface area contributed by atoms with Gasteiger partial charge in [-0.15, -0.1) is 0 Å². The van der Waals surface area contributed by atoms with Gasteiger partial charge in [-0.1, -0.05) is 0 Å². The summed E-state index contributed by atoms with van der Waals surface area (Å²) in [5.41, 5.74) is 2.84. The summed E-state index contributed by atoms with van der Waals surface area (Å²) in [7, 11) is 0. The minimum absolute atomic E-state index is 0.270. The summed E-state index contributed by atoms with van der Waals surface area (Å²) in [4.78, 5) is 15.1. The van der Waals surface area contributed by atoms with Gasteiger partial charge in [0.2, 0.25) is 12.7 Å². The zero-order chi connectivity index (χ0) is 16.8. The summed E-state index contributed by atoms with van der Waals surface area (Å²) < 4.78 is 10.8. The number of anilines is 3. The molecule has 0 saturated carbocycles. The van der Waals surface area contributed by atoms with Crippen LogP contribution in [0.4, 0.5) is 17.5 Å². The zero-order valence-electron chi connectivity index (χ0n) is 14.0. The first-order valence-electron chi connectivity index (χ1n) is 8.55. The molecule has 25 heavy (non-hydrogen) atoms. The number of fused-ring (bicyclic) bond motifs is 2. The van der Waals surface area contributed by atoms with Gasteiger partial charge in [0, 0.05) is 30.5 Å².